The minimum absolute atomic E-state index is 0.0121. The van der Waals surface area contributed by atoms with Crippen LogP contribution in [0.4, 0.5) is 9.18 Å². The highest BCUT2D eigenvalue weighted by atomic mass is 19.1. The van der Waals surface area contributed by atoms with Crippen molar-refractivity contribution in [3.8, 4) is 0 Å². The first-order chi connectivity index (χ1) is 15.9. The van der Waals surface area contributed by atoms with Gasteiger partial charge in [0.05, 0.1) is 6.42 Å². The van der Waals surface area contributed by atoms with Crippen molar-refractivity contribution in [2.24, 2.45) is 5.92 Å². The van der Waals surface area contributed by atoms with E-state index in [-0.39, 0.29) is 42.1 Å². The molecular formula is C24H25FN4O4. The van der Waals surface area contributed by atoms with Crippen molar-refractivity contribution in [1.82, 2.24) is 19.7 Å². The number of amides is 4. The molecule has 1 aromatic carbocycles. The highest BCUT2D eigenvalue weighted by Gasteiger charge is 2.41. The van der Waals surface area contributed by atoms with Gasteiger partial charge in [0.1, 0.15) is 11.9 Å². The van der Waals surface area contributed by atoms with Crippen LogP contribution in [0.1, 0.15) is 30.0 Å². The monoisotopic (exact) mass is 452 g/mol. The van der Waals surface area contributed by atoms with Crippen LogP contribution in [0, 0.1) is 11.7 Å². The minimum Gasteiger partial charge on any atom is -0.342 e. The van der Waals surface area contributed by atoms with Crippen molar-refractivity contribution in [2.75, 3.05) is 19.6 Å². The summed E-state index contributed by atoms with van der Waals surface area (Å²) < 4.78 is 14.9. The van der Waals surface area contributed by atoms with E-state index in [9.17, 15) is 23.6 Å². The Hall–Kier alpha value is -3.49. The molecule has 3 aliphatic heterocycles. The van der Waals surface area contributed by atoms with Crippen LogP contribution in [0.3, 0.4) is 0 Å². The van der Waals surface area contributed by atoms with Gasteiger partial charge in [0.2, 0.25) is 5.91 Å². The molecule has 5 rings (SSSR count). The molecule has 2 saturated heterocycles. The predicted octanol–water partition coefficient (Wildman–Crippen LogP) is 1.49. The van der Waals surface area contributed by atoms with E-state index < -0.39 is 18.0 Å². The summed E-state index contributed by atoms with van der Waals surface area (Å²) in [4.78, 5) is 53.2. The molecule has 172 valence electrons. The number of nitrogens with one attached hydrogen (secondary N) is 1. The maximum absolute atomic E-state index is 13.1. The molecule has 8 nitrogen and oxygen atoms in total. The van der Waals surface area contributed by atoms with E-state index in [4.69, 9.17) is 0 Å². The number of nitrogens with zero attached hydrogens (tertiary/aromatic N) is 3. The van der Waals surface area contributed by atoms with Crippen LogP contribution in [0.15, 0.2) is 47.3 Å². The number of halogens is 1. The van der Waals surface area contributed by atoms with Gasteiger partial charge in [-0.3, -0.25) is 19.3 Å². The Labute approximate surface area is 190 Å². The summed E-state index contributed by atoms with van der Waals surface area (Å²) in [7, 11) is 0. The Balaban J connectivity index is 1.20. The molecule has 0 saturated carbocycles. The molecule has 0 unspecified atom stereocenters. The second-order valence-electron chi connectivity index (χ2n) is 9.07. The molecule has 4 heterocycles. The van der Waals surface area contributed by atoms with E-state index in [1.54, 1.807) is 33.7 Å². The summed E-state index contributed by atoms with van der Waals surface area (Å²) in [5.41, 5.74) is 1.76. The molecule has 33 heavy (non-hydrogen) atoms. The molecule has 1 N–H and O–H groups in total. The van der Waals surface area contributed by atoms with Gasteiger partial charge >= 0.3 is 6.03 Å². The topological polar surface area (TPSA) is 91.7 Å². The minimum atomic E-state index is -0.880. The van der Waals surface area contributed by atoms with E-state index >= 15 is 0 Å². The molecule has 3 aliphatic rings. The zero-order valence-electron chi connectivity index (χ0n) is 18.1. The summed E-state index contributed by atoms with van der Waals surface area (Å²) >= 11 is 0. The Morgan fingerprint density at radius 2 is 1.82 bits per heavy atom. The fourth-order valence-electron chi connectivity index (χ4n) is 5.22. The highest BCUT2D eigenvalue weighted by molar-refractivity contribution is 6.05. The molecule has 0 aliphatic carbocycles. The lowest BCUT2D eigenvalue weighted by molar-refractivity contribution is -0.137. The number of benzene rings is 1. The van der Waals surface area contributed by atoms with Crippen LogP contribution in [-0.2, 0) is 22.6 Å². The number of fused-ring (bicyclic) bond motifs is 4. The Bertz CT molecular complexity index is 1160. The number of carbonyl (C=O) groups excluding carboxylic acids is 3. The maximum atomic E-state index is 13.1. The second-order valence-corrected chi connectivity index (χ2v) is 9.07. The Morgan fingerprint density at radius 1 is 1.03 bits per heavy atom. The normalized spacial score (nSPS) is 24.0. The highest BCUT2D eigenvalue weighted by Crippen LogP contribution is 2.35. The quantitative estimate of drug-likeness (QED) is 0.696. The lowest BCUT2D eigenvalue weighted by Crippen LogP contribution is -2.50. The van der Waals surface area contributed by atoms with Gasteiger partial charge in [-0.05, 0) is 42.5 Å². The number of hydrogen-bond acceptors (Lipinski definition) is 4. The summed E-state index contributed by atoms with van der Waals surface area (Å²) in [6.45, 7) is 1.80. The van der Waals surface area contributed by atoms with Crippen LogP contribution in [0.5, 0.6) is 0 Å². The van der Waals surface area contributed by atoms with E-state index in [2.05, 4.69) is 5.32 Å². The SMILES string of the molecule is O=C(C[C@@H]1NC(=O)N(CCc2ccc(F)cc2)C1=O)N1C[C@H]2C[C@@H](C1)c1cccc(=O)n1C2. The van der Waals surface area contributed by atoms with Gasteiger partial charge in [0, 0.05) is 43.9 Å². The van der Waals surface area contributed by atoms with Crippen molar-refractivity contribution >= 4 is 17.8 Å². The number of hydrogen-bond donors (Lipinski definition) is 1. The number of aromatic nitrogens is 1. The van der Waals surface area contributed by atoms with Gasteiger partial charge in [0.15, 0.2) is 0 Å². The molecule has 4 amide bonds. The fourth-order valence-corrected chi connectivity index (χ4v) is 5.22. The lowest BCUT2D eigenvalue weighted by Gasteiger charge is -2.43. The third-order valence-corrected chi connectivity index (χ3v) is 6.86. The summed E-state index contributed by atoms with van der Waals surface area (Å²) in [5, 5.41) is 2.63. The molecule has 0 spiro atoms. The Morgan fingerprint density at radius 3 is 2.61 bits per heavy atom. The van der Waals surface area contributed by atoms with Gasteiger partial charge in [-0.15, -0.1) is 0 Å². The van der Waals surface area contributed by atoms with Crippen LogP contribution >= 0.6 is 0 Å². The maximum Gasteiger partial charge on any atom is 0.324 e. The van der Waals surface area contributed by atoms with Crippen LogP contribution in [0.2, 0.25) is 0 Å². The fraction of sp³-hybridized carbons (Fsp3) is 0.417. The van der Waals surface area contributed by atoms with Crippen molar-refractivity contribution in [2.45, 2.75) is 37.8 Å². The smallest absolute Gasteiger partial charge is 0.324 e. The number of imide groups is 1. The average molecular weight is 452 g/mol. The first-order valence-corrected chi connectivity index (χ1v) is 11.2. The van der Waals surface area contributed by atoms with E-state index in [1.165, 1.54) is 12.1 Å². The van der Waals surface area contributed by atoms with Gasteiger partial charge < -0.3 is 14.8 Å². The van der Waals surface area contributed by atoms with Crippen LogP contribution < -0.4 is 10.9 Å². The van der Waals surface area contributed by atoms with E-state index in [0.717, 1.165) is 22.6 Å². The van der Waals surface area contributed by atoms with Crippen LogP contribution in [0.25, 0.3) is 0 Å². The first kappa shape index (κ1) is 21.4. The van der Waals surface area contributed by atoms with E-state index in [0.29, 0.717) is 26.1 Å². The number of pyridine rings is 1. The number of piperidine rings is 1. The van der Waals surface area contributed by atoms with Crippen molar-refractivity contribution in [3.05, 3.63) is 69.9 Å². The molecular weight excluding hydrogens is 427 g/mol. The predicted molar refractivity (Wildman–Crippen MR) is 117 cm³/mol. The van der Waals surface area contributed by atoms with Gasteiger partial charge in [-0.25, -0.2) is 9.18 Å². The summed E-state index contributed by atoms with van der Waals surface area (Å²) in [6, 6.07) is 9.78. The first-order valence-electron chi connectivity index (χ1n) is 11.2. The van der Waals surface area contributed by atoms with Crippen molar-refractivity contribution in [3.63, 3.8) is 0 Å². The molecule has 2 fully saturated rings. The molecule has 2 bridgehead atoms. The largest absolute Gasteiger partial charge is 0.342 e. The van der Waals surface area contributed by atoms with Gasteiger partial charge in [-0.2, -0.15) is 0 Å². The molecule has 2 aromatic rings. The Kier molecular flexibility index (Phi) is 5.47. The van der Waals surface area contributed by atoms with Crippen LogP contribution in [-0.4, -0.2) is 57.9 Å². The second kappa shape index (κ2) is 8.46. The lowest BCUT2D eigenvalue weighted by atomic mass is 9.83. The summed E-state index contributed by atoms with van der Waals surface area (Å²) in [5.74, 6) is -0.637. The zero-order chi connectivity index (χ0) is 23.1. The number of carbonyl (C=O) groups is 3. The van der Waals surface area contributed by atoms with Crippen molar-refractivity contribution in [1.29, 1.82) is 0 Å². The number of urea groups is 1. The van der Waals surface area contributed by atoms with E-state index in [1.807, 2.05) is 6.07 Å². The molecule has 0 radical (unpaired) electrons. The third kappa shape index (κ3) is 4.15. The molecule has 3 atom stereocenters. The standard InChI is InChI=1S/C24H25FN4O4/c25-18-6-4-15(5-7-18)8-9-28-23(32)19(26-24(28)33)11-22(31)27-12-16-10-17(14-27)20-2-1-3-21(30)29(20)13-16/h1-7,16-17,19H,8-14H2,(H,26,33)/t16-,17+,19+/m1/s1. The summed E-state index contributed by atoms with van der Waals surface area (Å²) in [6.07, 6.45) is 1.26. The zero-order valence-corrected chi connectivity index (χ0v) is 18.1. The average Bonchev–Trinajstić information content (AvgIpc) is 3.06. The number of likely N-dealkylation sites (tertiary alicyclic amines) is 1. The molecule has 9 heteroatoms. The van der Waals surface area contributed by atoms with Crippen molar-refractivity contribution < 1.29 is 18.8 Å². The number of rotatable bonds is 5. The van der Waals surface area contributed by atoms with Gasteiger partial charge in [-0.1, -0.05) is 18.2 Å². The molecule has 1 aromatic heterocycles. The third-order valence-electron chi connectivity index (χ3n) is 6.86. The van der Waals surface area contributed by atoms with Gasteiger partial charge in [0.25, 0.3) is 11.5 Å².